The Morgan fingerprint density at radius 1 is 1.65 bits per heavy atom. The predicted molar refractivity (Wildman–Crippen MR) is 69.1 cm³/mol. The zero-order valence-electron chi connectivity index (χ0n) is 10.6. The summed E-state index contributed by atoms with van der Waals surface area (Å²) in [7, 11) is 0. The number of nitrogens with two attached hydrogens (primary N) is 1. The summed E-state index contributed by atoms with van der Waals surface area (Å²) in [6.07, 6.45) is 2.83. The average molecular weight is 256 g/mol. The Morgan fingerprint density at radius 3 is 2.65 bits per heavy atom. The van der Waals surface area contributed by atoms with Crippen molar-refractivity contribution in [3.8, 4) is 0 Å². The summed E-state index contributed by atoms with van der Waals surface area (Å²) in [5.41, 5.74) is 4.86. The minimum Gasteiger partial charge on any atom is -0.481 e. The van der Waals surface area contributed by atoms with Crippen molar-refractivity contribution in [1.82, 2.24) is 4.98 Å². The number of aryl methyl sites for hydroxylation is 1. The van der Waals surface area contributed by atoms with E-state index >= 15 is 0 Å². The molecule has 0 bridgehead atoms. The molecule has 0 radical (unpaired) electrons. The van der Waals surface area contributed by atoms with Crippen LogP contribution in [0.3, 0.4) is 0 Å². The van der Waals surface area contributed by atoms with Crippen LogP contribution in [0.15, 0.2) is 6.20 Å². The molecule has 0 aliphatic heterocycles. The molecular formula is C12H20N2O2S. The highest BCUT2D eigenvalue weighted by molar-refractivity contribution is 7.11. The molecule has 5 heteroatoms. The summed E-state index contributed by atoms with van der Waals surface area (Å²) in [5.74, 6) is -0.497. The van der Waals surface area contributed by atoms with Gasteiger partial charge in [-0.1, -0.05) is 13.8 Å². The fraction of sp³-hybridized carbons (Fsp3) is 0.667. The van der Waals surface area contributed by atoms with Crippen molar-refractivity contribution in [2.75, 3.05) is 6.54 Å². The number of aliphatic carboxylic acids is 1. The van der Waals surface area contributed by atoms with Crippen LogP contribution in [0.4, 0.5) is 0 Å². The van der Waals surface area contributed by atoms with E-state index in [1.807, 2.05) is 20.8 Å². The summed E-state index contributed by atoms with van der Waals surface area (Å²) >= 11 is 1.54. The Kier molecular flexibility index (Phi) is 4.65. The van der Waals surface area contributed by atoms with Gasteiger partial charge in [-0.3, -0.25) is 4.79 Å². The smallest absolute Gasteiger partial charge is 0.311 e. The Balaban J connectivity index is 2.93. The summed E-state index contributed by atoms with van der Waals surface area (Å²) in [6, 6.07) is 0. The molecule has 4 nitrogen and oxygen atoms in total. The topological polar surface area (TPSA) is 76.2 Å². The molecule has 0 spiro atoms. The van der Waals surface area contributed by atoms with Gasteiger partial charge in [0.25, 0.3) is 0 Å². The second kappa shape index (κ2) is 5.60. The standard InChI is InChI=1S/C12H20N2O2S/c1-8(2)4-12(7-13,11(15)16)5-10-6-14-9(3)17-10/h6,8H,4-5,7,13H2,1-3H3,(H,15,16). The van der Waals surface area contributed by atoms with Crippen molar-refractivity contribution in [2.45, 2.75) is 33.6 Å². The molecule has 1 heterocycles. The van der Waals surface area contributed by atoms with Crippen molar-refractivity contribution in [2.24, 2.45) is 17.1 Å². The number of carboxylic acids is 1. The van der Waals surface area contributed by atoms with E-state index in [9.17, 15) is 9.90 Å². The van der Waals surface area contributed by atoms with Crippen molar-refractivity contribution >= 4 is 17.3 Å². The molecule has 96 valence electrons. The molecule has 1 aromatic rings. The van der Waals surface area contributed by atoms with Gasteiger partial charge in [0.05, 0.1) is 10.4 Å². The van der Waals surface area contributed by atoms with E-state index < -0.39 is 11.4 Å². The molecule has 0 aromatic carbocycles. The molecule has 0 aliphatic rings. The van der Waals surface area contributed by atoms with Gasteiger partial charge in [-0.15, -0.1) is 11.3 Å². The van der Waals surface area contributed by atoms with Crippen molar-refractivity contribution < 1.29 is 9.90 Å². The van der Waals surface area contributed by atoms with Crippen LogP contribution in [-0.4, -0.2) is 22.6 Å². The zero-order valence-corrected chi connectivity index (χ0v) is 11.4. The number of carbonyl (C=O) groups is 1. The summed E-state index contributed by atoms with van der Waals surface area (Å²) in [6.45, 7) is 6.12. The molecule has 0 saturated carbocycles. The van der Waals surface area contributed by atoms with Gasteiger partial charge in [0.1, 0.15) is 0 Å². The fourth-order valence-electron chi connectivity index (χ4n) is 2.08. The molecule has 0 saturated heterocycles. The first-order valence-electron chi connectivity index (χ1n) is 5.74. The maximum absolute atomic E-state index is 11.5. The third kappa shape index (κ3) is 3.51. The normalized spacial score (nSPS) is 14.9. The van der Waals surface area contributed by atoms with Crippen LogP contribution in [0.5, 0.6) is 0 Å². The molecule has 17 heavy (non-hydrogen) atoms. The zero-order chi connectivity index (χ0) is 13.1. The Morgan fingerprint density at radius 2 is 2.29 bits per heavy atom. The minimum atomic E-state index is -0.854. The van der Waals surface area contributed by atoms with Gasteiger partial charge in [-0.05, 0) is 19.3 Å². The second-order valence-corrected chi connectivity index (χ2v) is 6.23. The molecule has 1 aromatic heterocycles. The lowest BCUT2D eigenvalue weighted by Gasteiger charge is -2.29. The molecule has 0 amide bonds. The first-order valence-corrected chi connectivity index (χ1v) is 6.56. The number of hydrogen-bond donors (Lipinski definition) is 2. The fourth-order valence-corrected chi connectivity index (χ4v) is 3.02. The van der Waals surface area contributed by atoms with Gasteiger partial charge in [0.2, 0.25) is 0 Å². The Labute approximate surface area is 106 Å². The maximum atomic E-state index is 11.5. The molecule has 0 aliphatic carbocycles. The van der Waals surface area contributed by atoms with E-state index in [-0.39, 0.29) is 6.54 Å². The van der Waals surface area contributed by atoms with E-state index in [0.29, 0.717) is 18.8 Å². The van der Waals surface area contributed by atoms with Crippen LogP contribution in [0.1, 0.15) is 30.2 Å². The highest BCUT2D eigenvalue weighted by Gasteiger charge is 2.38. The van der Waals surface area contributed by atoms with E-state index in [2.05, 4.69) is 4.98 Å². The Hall–Kier alpha value is -0.940. The highest BCUT2D eigenvalue weighted by Crippen LogP contribution is 2.32. The van der Waals surface area contributed by atoms with Crippen LogP contribution in [0, 0.1) is 18.3 Å². The average Bonchev–Trinajstić information content (AvgIpc) is 2.61. The van der Waals surface area contributed by atoms with E-state index in [0.717, 1.165) is 9.88 Å². The lowest BCUT2D eigenvalue weighted by Crippen LogP contribution is -2.41. The van der Waals surface area contributed by atoms with E-state index in [1.54, 1.807) is 17.5 Å². The van der Waals surface area contributed by atoms with Crippen LogP contribution in [-0.2, 0) is 11.2 Å². The minimum absolute atomic E-state index is 0.164. The first-order chi connectivity index (χ1) is 7.89. The van der Waals surface area contributed by atoms with Crippen LogP contribution in [0.25, 0.3) is 0 Å². The lowest BCUT2D eigenvalue weighted by molar-refractivity contribution is -0.149. The van der Waals surface area contributed by atoms with Crippen molar-refractivity contribution in [3.63, 3.8) is 0 Å². The third-order valence-electron chi connectivity index (χ3n) is 2.83. The summed E-state index contributed by atoms with van der Waals surface area (Å²) in [4.78, 5) is 16.7. The molecule has 3 N–H and O–H groups in total. The number of nitrogens with zero attached hydrogens (tertiary/aromatic N) is 1. The second-order valence-electron chi connectivity index (χ2n) is 4.91. The van der Waals surface area contributed by atoms with Crippen molar-refractivity contribution in [3.05, 3.63) is 16.1 Å². The van der Waals surface area contributed by atoms with Crippen LogP contribution < -0.4 is 5.73 Å². The summed E-state index contributed by atoms with van der Waals surface area (Å²) in [5, 5.41) is 10.4. The predicted octanol–water partition coefficient (Wildman–Crippen LogP) is 2.07. The first kappa shape index (κ1) is 14.1. The van der Waals surface area contributed by atoms with Gasteiger partial charge in [-0.2, -0.15) is 0 Å². The quantitative estimate of drug-likeness (QED) is 0.817. The third-order valence-corrected chi connectivity index (χ3v) is 3.74. The van der Waals surface area contributed by atoms with Gasteiger partial charge in [0, 0.05) is 24.0 Å². The molecular weight excluding hydrogens is 236 g/mol. The molecule has 1 unspecified atom stereocenters. The van der Waals surface area contributed by atoms with Gasteiger partial charge < -0.3 is 10.8 Å². The highest BCUT2D eigenvalue weighted by atomic mass is 32.1. The number of thiazole rings is 1. The van der Waals surface area contributed by atoms with Gasteiger partial charge in [-0.25, -0.2) is 4.98 Å². The van der Waals surface area contributed by atoms with E-state index in [4.69, 9.17) is 5.73 Å². The van der Waals surface area contributed by atoms with Gasteiger partial charge >= 0.3 is 5.97 Å². The molecule has 1 atom stereocenters. The lowest BCUT2D eigenvalue weighted by atomic mass is 9.77. The maximum Gasteiger partial charge on any atom is 0.311 e. The number of rotatable bonds is 6. The van der Waals surface area contributed by atoms with Gasteiger partial charge in [0.15, 0.2) is 0 Å². The summed E-state index contributed by atoms with van der Waals surface area (Å²) < 4.78 is 0. The SMILES string of the molecule is Cc1ncc(CC(CN)(CC(C)C)C(=O)O)s1. The van der Waals surface area contributed by atoms with Crippen LogP contribution >= 0.6 is 11.3 Å². The number of carboxylic acid groups (broad SMARTS) is 1. The van der Waals surface area contributed by atoms with Crippen LogP contribution in [0.2, 0.25) is 0 Å². The number of hydrogen-bond acceptors (Lipinski definition) is 4. The number of aromatic nitrogens is 1. The monoisotopic (exact) mass is 256 g/mol. The molecule has 0 fully saturated rings. The largest absolute Gasteiger partial charge is 0.481 e. The van der Waals surface area contributed by atoms with Crippen molar-refractivity contribution in [1.29, 1.82) is 0 Å². The Bertz CT molecular complexity index is 390. The van der Waals surface area contributed by atoms with E-state index in [1.165, 1.54) is 0 Å². The molecule has 1 rings (SSSR count).